The first-order chi connectivity index (χ1) is 13.1. The lowest BCUT2D eigenvalue weighted by Crippen LogP contribution is -2.24. The van der Waals surface area contributed by atoms with Crippen LogP contribution in [0.3, 0.4) is 0 Å². The molecule has 4 rings (SSSR count). The summed E-state index contributed by atoms with van der Waals surface area (Å²) in [5.41, 5.74) is 4.29. The molecular weight excluding hydrogens is 342 g/mol. The van der Waals surface area contributed by atoms with Gasteiger partial charge in [-0.3, -0.25) is 4.79 Å². The van der Waals surface area contributed by atoms with Crippen LogP contribution in [0.15, 0.2) is 55.1 Å². The lowest BCUT2D eigenvalue weighted by Gasteiger charge is -2.13. The Morgan fingerprint density at radius 1 is 1.04 bits per heavy atom. The number of aromatic nitrogens is 3. The van der Waals surface area contributed by atoms with Gasteiger partial charge in [0.05, 0.1) is 11.3 Å². The zero-order chi connectivity index (χ0) is 18.8. The van der Waals surface area contributed by atoms with Gasteiger partial charge < -0.3 is 4.74 Å². The summed E-state index contributed by atoms with van der Waals surface area (Å²) < 4.78 is 6.97. The molecule has 0 radical (unpaired) electrons. The summed E-state index contributed by atoms with van der Waals surface area (Å²) in [7, 11) is 0. The van der Waals surface area contributed by atoms with Gasteiger partial charge in [0, 0.05) is 5.56 Å². The van der Waals surface area contributed by atoms with E-state index >= 15 is 0 Å². The van der Waals surface area contributed by atoms with Crippen LogP contribution in [0, 0.1) is 0 Å². The number of fused-ring (bicyclic) bond motifs is 1. The zero-order valence-corrected chi connectivity index (χ0v) is 15.0. The normalized spacial score (nSPS) is 13.8. The largest absolute Gasteiger partial charge is 0.451 e. The zero-order valence-electron chi connectivity index (χ0n) is 15.0. The number of hydrogen-bond donors (Lipinski definition) is 0. The van der Waals surface area contributed by atoms with Crippen molar-refractivity contribution in [3.05, 3.63) is 77.4 Å². The molecule has 3 aromatic rings. The van der Waals surface area contributed by atoms with Crippen molar-refractivity contribution in [2.45, 2.75) is 32.3 Å². The molecule has 0 spiro atoms. The van der Waals surface area contributed by atoms with Gasteiger partial charge in [0.25, 0.3) is 0 Å². The highest BCUT2D eigenvalue weighted by Crippen LogP contribution is 2.23. The maximum absolute atomic E-state index is 12.6. The van der Waals surface area contributed by atoms with E-state index in [-0.39, 0.29) is 5.78 Å². The maximum atomic E-state index is 12.6. The second-order valence-corrected chi connectivity index (χ2v) is 6.64. The number of ketones is 1. The minimum atomic E-state index is -0.841. The summed E-state index contributed by atoms with van der Waals surface area (Å²) in [5, 5.41) is 4.04. The van der Waals surface area contributed by atoms with Crippen molar-refractivity contribution < 1.29 is 14.3 Å². The number of carbonyl (C=O) groups is 2. The molecule has 2 aromatic carbocycles. The summed E-state index contributed by atoms with van der Waals surface area (Å²) in [6.45, 7) is 1.61. The molecule has 1 aromatic heterocycles. The molecule has 0 aliphatic heterocycles. The van der Waals surface area contributed by atoms with Gasteiger partial charge in [-0.05, 0) is 67.6 Å². The van der Waals surface area contributed by atoms with Crippen LogP contribution in [0.1, 0.15) is 45.2 Å². The van der Waals surface area contributed by atoms with Crippen LogP contribution in [-0.2, 0) is 17.6 Å². The molecule has 0 amide bonds. The Morgan fingerprint density at radius 2 is 1.78 bits per heavy atom. The number of aryl methyl sites for hydroxylation is 2. The molecule has 1 atom stereocenters. The molecule has 0 saturated heterocycles. The summed E-state index contributed by atoms with van der Waals surface area (Å²) in [4.78, 5) is 28.9. The van der Waals surface area contributed by atoms with E-state index in [0.717, 1.165) is 24.9 Å². The number of carbonyl (C=O) groups excluding carboxylic acids is 2. The van der Waals surface area contributed by atoms with Gasteiger partial charge in [0.15, 0.2) is 6.10 Å². The van der Waals surface area contributed by atoms with Gasteiger partial charge in [-0.1, -0.05) is 12.1 Å². The van der Waals surface area contributed by atoms with E-state index in [4.69, 9.17) is 4.74 Å². The van der Waals surface area contributed by atoms with Crippen molar-refractivity contribution >= 4 is 11.8 Å². The Kier molecular flexibility index (Phi) is 4.54. The average Bonchev–Trinajstić information content (AvgIpc) is 3.38. The fourth-order valence-corrected chi connectivity index (χ4v) is 3.33. The van der Waals surface area contributed by atoms with Crippen LogP contribution >= 0.6 is 0 Å². The van der Waals surface area contributed by atoms with Crippen LogP contribution in [0.5, 0.6) is 0 Å². The molecule has 0 fully saturated rings. The minimum Gasteiger partial charge on any atom is -0.451 e. The van der Waals surface area contributed by atoms with Crippen LogP contribution < -0.4 is 0 Å². The summed E-state index contributed by atoms with van der Waals surface area (Å²) >= 11 is 0. The Hall–Kier alpha value is -3.28. The molecule has 0 N–H and O–H groups in total. The van der Waals surface area contributed by atoms with Crippen molar-refractivity contribution in [1.82, 2.24) is 14.8 Å². The minimum absolute atomic E-state index is 0.183. The van der Waals surface area contributed by atoms with E-state index < -0.39 is 12.1 Å². The fraction of sp³-hybridized carbons (Fsp3) is 0.238. The van der Waals surface area contributed by atoms with E-state index in [2.05, 4.69) is 10.1 Å². The predicted molar refractivity (Wildman–Crippen MR) is 99.0 cm³/mol. The molecule has 1 aliphatic carbocycles. The molecule has 136 valence electrons. The third-order valence-corrected chi connectivity index (χ3v) is 4.82. The molecular formula is C21H19N3O3. The summed E-state index contributed by atoms with van der Waals surface area (Å²) in [6.07, 6.45) is 5.37. The Morgan fingerprint density at radius 3 is 2.52 bits per heavy atom. The van der Waals surface area contributed by atoms with Gasteiger partial charge in [-0.2, -0.15) is 5.10 Å². The van der Waals surface area contributed by atoms with Crippen LogP contribution in [0.2, 0.25) is 0 Å². The molecule has 27 heavy (non-hydrogen) atoms. The Balaban J connectivity index is 1.43. The molecule has 1 aliphatic rings. The van der Waals surface area contributed by atoms with Gasteiger partial charge in [0.2, 0.25) is 5.78 Å². The highest BCUT2D eigenvalue weighted by Gasteiger charge is 2.22. The van der Waals surface area contributed by atoms with E-state index in [1.165, 1.54) is 17.5 Å². The van der Waals surface area contributed by atoms with Gasteiger partial charge in [0.1, 0.15) is 12.7 Å². The second-order valence-electron chi connectivity index (χ2n) is 6.64. The maximum Gasteiger partial charge on any atom is 0.338 e. The number of esters is 1. The van der Waals surface area contributed by atoms with Crippen molar-refractivity contribution in [1.29, 1.82) is 0 Å². The first kappa shape index (κ1) is 17.1. The second kappa shape index (κ2) is 7.15. The predicted octanol–water partition coefficient (Wildman–Crippen LogP) is 3.18. The van der Waals surface area contributed by atoms with Crippen molar-refractivity contribution in [2.24, 2.45) is 0 Å². The summed E-state index contributed by atoms with van der Waals surface area (Å²) in [6, 6.07) is 12.5. The van der Waals surface area contributed by atoms with Gasteiger partial charge in [-0.15, -0.1) is 0 Å². The Labute approximate surface area is 156 Å². The average molecular weight is 361 g/mol. The van der Waals surface area contributed by atoms with Gasteiger partial charge in [-0.25, -0.2) is 14.5 Å². The van der Waals surface area contributed by atoms with E-state index in [0.29, 0.717) is 11.1 Å². The quantitative estimate of drug-likeness (QED) is 0.515. The highest BCUT2D eigenvalue weighted by molar-refractivity contribution is 6.01. The molecule has 6 heteroatoms. The number of benzene rings is 2. The van der Waals surface area contributed by atoms with Crippen molar-refractivity contribution in [3.8, 4) is 5.69 Å². The third kappa shape index (κ3) is 3.51. The molecule has 0 saturated carbocycles. The number of hydrogen-bond acceptors (Lipinski definition) is 5. The Bertz CT molecular complexity index is 978. The van der Waals surface area contributed by atoms with Crippen molar-refractivity contribution in [3.63, 3.8) is 0 Å². The van der Waals surface area contributed by atoms with Crippen LogP contribution in [0.25, 0.3) is 5.69 Å². The smallest absolute Gasteiger partial charge is 0.338 e. The summed E-state index contributed by atoms with van der Waals surface area (Å²) in [5.74, 6) is -0.709. The molecule has 1 heterocycles. The van der Waals surface area contributed by atoms with Crippen molar-refractivity contribution in [2.75, 3.05) is 0 Å². The highest BCUT2D eigenvalue weighted by atomic mass is 16.5. The van der Waals surface area contributed by atoms with E-state index in [9.17, 15) is 9.59 Å². The monoisotopic (exact) mass is 361 g/mol. The molecule has 6 nitrogen and oxygen atoms in total. The number of rotatable bonds is 5. The van der Waals surface area contributed by atoms with E-state index in [1.807, 2.05) is 18.2 Å². The SMILES string of the molecule is C[C@H](OC(=O)c1ccc(-n2cncn2)cc1)C(=O)c1ccc2c(c1)CCC2. The fourth-order valence-electron chi connectivity index (χ4n) is 3.33. The topological polar surface area (TPSA) is 74.1 Å². The number of Topliss-reactive ketones (excluding diaryl/α,β-unsaturated/α-hetero) is 1. The van der Waals surface area contributed by atoms with Crippen LogP contribution in [-0.4, -0.2) is 32.6 Å². The van der Waals surface area contributed by atoms with Gasteiger partial charge >= 0.3 is 5.97 Å². The van der Waals surface area contributed by atoms with E-state index in [1.54, 1.807) is 42.2 Å². The number of nitrogens with zero attached hydrogens (tertiary/aromatic N) is 3. The lowest BCUT2D eigenvalue weighted by molar-refractivity contribution is 0.0319. The number of ether oxygens (including phenoxy) is 1. The first-order valence-corrected chi connectivity index (χ1v) is 8.94. The molecule has 0 unspecified atom stereocenters. The standard InChI is InChI=1S/C21H19N3O3/c1-14(20(25)18-6-5-15-3-2-4-17(15)11-18)27-21(26)16-7-9-19(10-8-16)24-13-22-12-23-24/h5-14H,2-4H2,1H3/t14-/m0/s1. The lowest BCUT2D eigenvalue weighted by atomic mass is 10.0. The first-order valence-electron chi connectivity index (χ1n) is 8.94. The van der Waals surface area contributed by atoms with Crippen LogP contribution in [0.4, 0.5) is 0 Å². The molecule has 0 bridgehead atoms. The third-order valence-electron chi connectivity index (χ3n) is 4.82.